The van der Waals surface area contributed by atoms with Crippen molar-refractivity contribution in [3.8, 4) is 5.75 Å². The Morgan fingerprint density at radius 2 is 1.85 bits per heavy atom. The maximum Gasteiger partial charge on any atom is 0.422 e. The van der Waals surface area contributed by atoms with Crippen LogP contribution in [0.25, 0.3) is 11.6 Å². The van der Waals surface area contributed by atoms with Crippen molar-refractivity contribution in [2.45, 2.75) is 26.4 Å². The molecule has 0 saturated heterocycles. The van der Waals surface area contributed by atoms with Crippen LogP contribution in [-0.2, 0) is 9.53 Å². The number of hydrogen-bond acceptors (Lipinski definition) is 3. The zero-order valence-electron chi connectivity index (χ0n) is 12.1. The molecule has 0 aliphatic carbocycles. The highest BCUT2D eigenvalue weighted by molar-refractivity contribution is 6.39. The van der Waals surface area contributed by atoms with Crippen molar-refractivity contribution in [1.82, 2.24) is 0 Å². The first-order valence-electron chi connectivity index (χ1n) is 6.13. The highest BCUT2D eigenvalue weighted by atomic mass is 16.6. The lowest BCUT2D eigenvalue weighted by molar-refractivity contribution is -0.150. The Balaban J connectivity index is 2.80. The third-order valence-electron chi connectivity index (χ3n) is 2.27. The number of esters is 1. The molecule has 0 N–H and O–H groups in total. The molecule has 20 heavy (non-hydrogen) atoms. The molecule has 0 aromatic heterocycles. The minimum atomic E-state index is -0.676. The second-order valence-corrected chi connectivity index (χ2v) is 5.09. The average Bonchev–Trinajstić information content (AvgIpc) is 2.38. The summed E-state index contributed by atoms with van der Waals surface area (Å²) in [7, 11) is 1.59. The van der Waals surface area contributed by atoms with Crippen molar-refractivity contribution in [3.05, 3.63) is 41.4 Å². The molecule has 0 radical (unpaired) electrons. The molecule has 1 rings (SSSR count). The van der Waals surface area contributed by atoms with Crippen molar-refractivity contribution >= 4 is 17.8 Å². The van der Waals surface area contributed by atoms with Gasteiger partial charge in [-0.05, 0) is 44.5 Å². The number of nitrogens with zero attached hydrogens (tertiary/aromatic N) is 2. The van der Waals surface area contributed by atoms with E-state index in [2.05, 4.69) is 4.79 Å². The van der Waals surface area contributed by atoms with Crippen molar-refractivity contribution in [3.63, 3.8) is 0 Å². The zero-order chi connectivity index (χ0) is 15.2. The van der Waals surface area contributed by atoms with Crippen molar-refractivity contribution in [1.29, 1.82) is 0 Å². The van der Waals surface area contributed by atoms with Gasteiger partial charge in [-0.25, -0.2) is 4.79 Å². The first kappa shape index (κ1) is 15.7. The van der Waals surface area contributed by atoms with E-state index in [0.29, 0.717) is 0 Å². The summed E-state index contributed by atoms with van der Waals surface area (Å²) in [5.41, 5.74) is 8.92. The molecule has 0 amide bonds. The number of carbonyl (C=O) groups excluding carboxylic acids is 1. The first-order chi connectivity index (χ1) is 9.35. The number of benzene rings is 1. The van der Waals surface area contributed by atoms with Crippen LogP contribution in [0, 0.1) is 0 Å². The van der Waals surface area contributed by atoms with Crippen LogP contribution in [0.4, 0.5) is 0 Å². The Morgan fingerprint density at radius 3 is 2.30 bits per heavy atom. The zero-order valence-corrected chi connectivity index (χ0v) is 12.1. The third kappa shape index (κ3) is 5.08. The van der Waals surface area contributed by atoms with Crippen LogP contribution < -0.4 is 4.74 Å². The summed E-state index contributed by atoms with van der Waals surface area (Å²) in [6, 6.07) is 7.23. The summed E-state index contributed by atoms with van der Waals surface area (Å²) in [6.07, 6.45) is 3.05. The van der Waals surface area contributed by atoms with Crippen molar-refractivity contribution in [2.75, 3.05) is 7.11 Å². The SMILES string of the molecule is COc1ccc(/C=C/C(=[N+]=[N-])C(=O)OC(C)(C)C)cc1. The molecule has 5 nitrogen and oxygen atoms in total. The standard InChI is InChI=1S/C15H18N2O3/c1-15(2,3)20-14(18)13(17-16)10-7-11-5-8-12(19-4)9-6-11/h5-10H,1-4H3/b10-7+. The quantitative estimate of drug-likeness (QED) is 0.367. The van der Waals surface area contributed by atoms with E-state index in [-0.39, 0.29) is 5.71 Å². The van der Waals surface area contributed by atoms with E-state index in [0.717, 1.165) is 11.3 Å². The number of hydrogen-bond donors (Lipinski definition) is 0. The lowest BCUT2D eigenvalue weighted by Crippen LogP contribution is -2.28. The van der Waals surface area contributed by atoms with Gasteiger partial charge >= 0.3 is 11.7 Å². The van der Waals surface area contributed by atoms with Crippen LogP contribution in [0.15, 0.2) is 30.3 Å². The van der Waals surface area contributed by atoms with Gasteiger partial charge in [-0.2, -0.15) is 4.79 Å². The summed E-state index contributed by atoms with van der Waals surface area (Å²) in [6.45, 7) is 5.23. The molecular weight excluding hydrogens is 256 g/mol. The Bertz CT molecular complexity index is 547. The number of ether oxygens (including phenoxy) is 2. The Morgan fingerprint density at radius 1 is 1.25 bits per heavy atom. The van der Waals surface area contributed by atoms with Gasteiger partial charge in [0, 0.05) is 6.08 Å². The average molecular weight is 274 g/mol. The molecule has 0 atom stereocenters. The van der Waals surface area contributed by atoms with Gasteiger partial charge in [0.05, 0.1) is 7.11 Å². The molecular formula is C15H18N2O3. The fourth-order valence-corrected chi connectivity index (χ4v) is 1.36. The van der Waals surface area contributed by atoms with Gasteiger partial charge in [-0.15, -0.1) is 0 Å². The van der Waals surface area contributed by atoms with Gasteiger partial charge in [0.1, 0.15) is 11.4 Å². The molecule has 0 fully saturated rings. The van der Waals surface area contributed by atoms with E-state index in [4.69, 9.17) is 15.0 Å². The number of carbonyl (C=O) groups is 1. The van der Waals surface area contributed by atoms with E-state index >= 15 is 0 Å². The molecule has 0 heterocycles. The van der Waals surface area contributed by atoms with Gasteiger partial charge in [-0.3, -0.25) is 0 Å². The van der Waals surface area contributed by atoms with Gasteiger partial charge < -0.3 is 15.0 Å². The second kappa shape index (κ2) is 6.68. The lowest BCUT2D eigenvalue weighted by Gasteiger charge is -2.17. The monoisotopic (exact) mass is 274 g/mol. The Kier molecular flexibility index (Phi) is 5.23. The van der Waals surface area contributed by atoms with Crippen LogP contribution in [0.1, 0.15) is 26.3 Å². The predicted molar refractivity (Wildman–Crippen MR) is 76.5 cm³/mol. The Labute approximate surface area is 118 Å². The first-order valence-corrected chi connectivity index (χ1v) is 6.13. The summed E-state index contributed by atoms with van der Waals surface area (Å²) < 4.78 is 10.2. The number of methoxy groups -OCH3 is 1. The van der Waals surface area contributed by atoms with Crippen LogP contribution in [0.2, 0.25) is 0 Å². The van der Waals surface area contributed by atoms with Gasteiger partial charge in [0.2, 0.25) is 0 Å². The van der Waals surface area contributed by atoms with E-state index in [1.165, 1.54) is 6.08 Å². The van der Waals surface area contributed by atoms with Gasteiger partial charge in [0.15, 0.2) is 0 Å². The summed E-state index contributed by atoms with van der Waals surface area (Å²) in [5.74, 6) is 0.0649. The highest BCUT2D eigenvalue weighted by Crippen LogP contribution is 2.12. The van der Waals surface area contributed by atoms with Crippen molar-refractivity contribution < 1.29 is 19.1 Å². The van der Waals surface area contributed by atoms with Gasteiger partial charge in [-0.1, -0.05) is 12.1 Å². The molecule has 5 heteroatoms. The number of rotatable bonds is 4. The van der Waals surface area contributed by atoms with E-state index in [1.54, 1.807) is 46.1 Å². The molecule has 106 valence electrons. The largest absolute Gasteiger partial charge is 0.497 e. The smallest absolute Gasteiger partial charge is 0.422 e. The summed E-state index contributed by atoms with van der Waals surface area (Å²) in [4.78, 5) is 14.7. The fraction of sp³-hybridized carbons (Fsp3) is 0.333. The van der Waals surface area contributed by atoms with Crippen molar-refractivity contribution in [2.24, 2.45) is 0 Å². The minimum Gasteiger partial charge on any atom is -0.497 e. The minimum absolute atomic E-state index is 0.157. The summed E-state index contributed by atoms with van der Waals surface area (Å²) in [5, 5.41) is 0. The third-order valence-corrected chi connectivity index (χ3v) is 2.27. The second-order valence-electron chi connectivity index (χ2n) is 5.09. The normalized spacial score (nSPS) is 11.0. The lowest BCUT2D eigenvalue weighted by atomic mass is 10.1. The molecule has 0 aliphatic heterocycles. The molecule has 1 aromatic rings. The molecule has 0 saturated carbocycles. The molecule has 0 unspecified atom stereocenters. The van der Waals surface area contributed by atoms with Gasteiger partial charge in [0.25, 0.3) is 0 Å². The fourth-order valence-electron chi connectivity index (χ4n) is 1.36. The van der Waals surface area contributed by atoms with Crippen LogP contribution in [0.5, 0.6) is 5.75 Å². The van der Waals surface area contributed by atoms with E-state index in [1.807, 2.05) is 12.1 Å². The molecule has 0 bridgehead atoms. The summed E-state index contributed by atoms with van der Waals surface area (Å²) >= 11 is 0. The topological polar surface area (TPSA) is 71.9 Å². The highest BCUT2D eigenvalue weighted by Gasteiger charge is 2.24. The van der Waals surface area contributed by atoms with E-state index < -0.39 is 11.6 Å². The van der Waals surface area contributed by atoms with Crippen LogP contribution in [-0.4, -0.2) is 29.2 Å². The van der Waals surface area contributed by atoms with Crippen LogP contribution >= 0.6 is 0 Å². The molecule has 0 aliphatic rings. The van der Waals surface area contributed by atoms with E-state index in [9.17, 15) is 4.79 Å². The maximum absolute atomic E-state index is 11.7. The molecule has 0 spiro atoms. The maximum atomic E-state index is 11.7. The predicted octanol–water partition coefficient (Wildman–Crippen LogP) is 2.72. The molecule has 1 aromatic carbocycles. The van der Waals surface area contributed by atoms with Crippen LogP contribution in [0.3, 0.4) is 0 Å². The Hall–Kier alpha value is -2.39.